The van der Waals surface area contributed by atoms with Crippen LogP contribution in [0.5, 0.6) is 0 Å². The van der Waals surface area contributed by atoms with E-state index in [0.717, 1.165) is 32.3 Å². The number of rotatable bonds is 2. The van der Waals surface area contributed by atoms with Gasteiger partial charge in [-0.05, 0) is 47.5 Å². The van der Waals surface area contributed by atoms with Crippen molar-refractivity contribution in [3.05, 3.63) is 82.8 Å². The minimum Gasteiger partial charge on any atom is -0.0837 e. The van der Waals surface area contributed by atoms with E-state index in [1.165, 1.54) is 0 Å². The molecule has 0 nitrogen and oxygen atoms in total. The lowest BCUT2D eigenvalue weighted by Crippen LogP contribution is -1.83. The molecule has 2 heteroatoms. The van der Waals surface area contributed by atoms with Crippen LogP contribution >= 0.6 is 23.2 Å². The average Bonchev–Trinajstić information content (AvgIpc) is 2.48. The summed E-state index contributed by atoms with van der Waals surface area (Å²) in [6.45, 7) is 0. The first-order chi connectivity index (χ1) is 9.75. The molecule has 0 aromatic heterocycles. The fraction of sp³-hybridized carbons (Fsp3) is 0. The van der Waals surface area contributed by atoms with Crippen molar-refractivity contribution in [2.75, 3.05) is 0 Å². The van der Waals surface area contributed by atoms with Gasteiger partial charge in [0.25, 0.3) is 0 Å². The maximum absolute atomic E-state index is 6.25. The summed E-state index contributed by atoms with van der Waals surface area (Å²) in [5, 5.41) is 1.47. The van der Waals surface area contributed by atoms with E-state index in [1.54, 1.807) is 0 Å². The van der Waals surface area contributed by atoms with Gasteiger partial charge in [-0.2, -0.15) is 0 Å². The third-order valence-corrected chi connectivity index (χ3v) is 3.82. The molecule has 3 rings (SSSR count). The Hall–Kier alpha value is -1.76. The van der Waals surface area contributed by atoms with Crippen LogP contribution in [0.3, 0.4) is 0 Å². The van der Waals surface area contributed by atoms with Crippen molar-refractivity contribution < 1.29 is 0 Å². The van der Waals surface area contributed by atoms with Gasteiger partial charge in [0.1, 0.15) is 0 Å². The minimum atomic E-state index is 0.734. The van der Waals surface area contributed by atoms with E-state index in [9.17, 15) is 0 Å². The Bertz CT molecular complexity index is 687. The highest BCUT2D eigenvalue weighted by Crippen LogP contribution is 2.33. The number of hydrogen-bond acceptors (Lipinski definition) is 0. The molecule has 0 fully saturated rings. The van der Waals surface area contributed by atoms with Crippen LogP contribution in [0.25, 0.3) is 22.3 Å². The average molecular weight is 298 g/mol. The molecule has 3 aromatic rings. The first-order valence-corrected chi connectivity index (χ1v) is 7.02. The molecule has 0 amide bonds. The highest BCUT2D eigenvalue weighted by atomic mass is 35.5. The fourth-order valence-corrected chi connectivity index (χ4v) is 2.66. The number of halogens is 2. The molecule has 0 aliphatic heterocycles. The fourth-order valence-electron chi connectivity index (χ4n) is 2.17. The summed E-state index contributed by atoms with van der Waals surface area (Å²) in [5.41, 5.74) is 4.07. The molecule has 1 radical (unpaired) electrons. The molecule has 97 valence electrons. The maximum Gasteiger partial charge on any atom is 0.0484 e. The van der Waals surface area contributed by atoms with Crippen molar-refractivity contribution >= 4 is 23.2 Å². The summed E-state index contributed by atoms with van der Waals surface area (Å²) in [7, 11) is 0. The lowest BCUT2D eigenvalue weighted by Gasteiger charge is -2.08. The summed E-state index contributed by atoms with van der Waals surface area (Å²) in [5.74, 6) is 0. The zero-order valence-corrected chi connectivity index (χ0v) is 12.1. The quantitative estimate of drug-likeness (QED) is 0.534. The van der Waals surface area contributed by atoms with Gasteiger partial charge in [-0.25, -0.2) is 0 Å². The molecule has 0 spiro atoms. The van der Waals surface area contributed by atoms with E-state index < -0.39 is 0 Å². The highest BCUT2D eigenvalue weighted by Gasteiger charge is 2.06. The normalized spacial score (nSPS) is 10.5. The Morgan fingerprint density at radius 1 is 0.650 bits per heavy atom. The van der Waals surface area contributed by atoms with Crippen LogP contribution in [0.4, 0.5) is 0 Å². The van der Waals surface area contributed by atoms with Crippen molar-refractivity contribution in [3.63, 3.8) is 0 Å². The first-order valence-electron chi connectivity index (χ1n) is 6.26. The van der Waals surface area contributed by atoms with Crippen LogP contribution in [0.1, 0.15) is 0 Å². The van der Waals surface area contributed by atoms with Crippen LogP contribution in [0.2, 0.25) is 10.0 Å². The summed E-state index contributed by atoms with van der Waals surface area (Å²) in [6, 6.07) is 24.7. The van der Waals surface area contributed by atoms with Crippen molar-refractivity contribution in [2.24, 2.45) is 0 Å². The van der Waals surface area contributed by atoms with Crippen LogP contribution in [0.15, 0.2) is 66.7 Å². The Kier molecular flexibility index (Phi) is 3.77. The van der Waals surface area contributed by atoms with E-state index in [4.69, 9.17) is 23.2 Å². The Labute approximate surface area is 128 Å². The van der Waals surface area contributed by atoms with E-state index >= 15 is 0 Å². The molecule has 0 saturated carbocycles. The lowest BCUT2D eigenvalue weighted by molar-refractivity contribution is 1.58. The third kappa shape index (κ3) is 2.58. The van der Waals surface area contributed by atoms with Gasteiger partial charge < -0.3 is 0 Å². The van der Waals surface area contributed by atoms with Crippen molar-refractivity contribution in [1.82, 2.24) is 0 Å². The first kappa shape index (κ1) is 13.2. The molecule has 0 atom stereocenters. The predicted octanol–water partition coefficient (Wildman–Crippen LogP) is 6.13. The predicted molar refractivity (Wildman–Crippen MR) is 86.2 cm³/mol. The van der Waals surface area contributed by atoms with Crippen LogP contribution in [0, 0.1) is 6.07 Å². The molecule has 0 N–H and O–H groups in total. The molecule has 0 heterocycles. The van der Waals surface area contributed by atoms with E-state index in [-0.39, 0.29) is 0 Å². The highest BCUT2D eigenvalue weighted by molar-refractivity contribution is 6.34. The molecule has 0 aliphatic carbocycles. The Morgan fingerprint density at radius 2 is 1.10 bits per heavy atom. The van der Waals surface area contributed by atoms with Gasteiger partial charge in [-0.3, -0.25) is 0 Å². The van der Waals surface area contributed by atoms with Gasteiger partial charge in [0.15, 0.2) is 0 Å². The van der Waals surface area contributed by atoms with Gasteiger partial charge in [-0.15, -0.1) is 0 Å². The monoisotopic (exact) mass is 297 g/mol. The molecule has 0 unspecified atom stereocenters. The molecule has 3 aromatic carbocycles. The summed E-state index contributed by atoms with van der Waals surface area (Å²) >= 11 is 12.5. The second kappa shape index (κ2) is 5.70. The van der Waals surface area contributed by atoms with Crippen LogP contribution < -0.4 is 0 Å². The minimum absolute atomic E-state index is 0.734. The molecule has 0 bridgehead atoms. The Morgan fingerprint density at radius 3 is 1.55 bits per heavy atom. The van der Waals surface area contributed by atoms with Gasteiger partial charge in [-0.1, -0.05) is 59.6 Å². The molecular formula is C18H11Cl2. The van der Waals surface area contributed by atoms with Gasteiger partial charge >= 0.3 is 0 Å². The SMILES string of the molecule is Clc1ccccc1-c1c[c]cc(-c2ccccc2Cl)c1. The molecule has 0 aliphatic rings. The summed E-state index contributed by atoms with van der Waals surface area (Å²) in [6.07, 6.45) is 0. The van der Waals surface area contributed by atoms with Gasteiger partial charge in [0.2, 0.25) is 0 Å². The Balaban J connectivity index is 2.12. The molecular weight excluding hydrogens is 287 g/mol. The van der Waals surface area contributed by atoms with Gasteiger partial charge in [0, 0.05) is 21.2 Å². The van der Waals surface area contributed by atoms with E-state index in [2.05, 4.69) is 12.1 Å². The summed E-state index contributed by atoms with van der Waals surface area (Å²) in [4.78, 5) is 0. The third-order valence-electron chi connectivity index (χ3n) is 3.16. The zero-order chi connectivity index (χ0) is 13.9. The van der Waals surface area contributed by atoms with Crippen molar-refractivity contribution in [3.8, 4) is 22.3 Å². The van der Waals surface area contributed by atoms with Crippen molar-refractivity contribution in [2.45, 2.75) is 0 Å². The van der Waals surface area contributed by atoms with Crippen LogP contribution in [-0.2, 0) is 0 Å². The van der Waals surface area contributed by atoms with E-state index in [0.29, 0.717) is 0 Å². The molecule has 0 saturated heterocycles. The number of hydrogen-bond donors (Lipinski definition) is 0. The topological polar surface area (TPSA) is 0 Å². The van der Waals surface area contributed by atoms with Crippen molar-refractivity contribution in [1.29, 1.82) is 0 Å². The lowest BCUT2D eigenvalue weighted by atomic mass is 9.99. The van der Waals surface area contributed by atoms with Crippen LogP contribution in [-0.4, -0.2) is 0 Å². The second-order valence-electron chi connectivity index (χ2n) is 4.47. The van der Waals surface area contributed by atoms with E-state index in [1.807, 2.05) is 60.7 Å². The second-order valence-corrected chi connectivity index (χ2v) is 5.28. The standard InChI is InChI=1S/C18H11Cl2/c19-17-10-3-1-8-15(17)13-6-5-7-14(12-13)16-9-2-4-11-18(16)20/h1-4,6-12H. The zero-order valence-electron chi connectivity index (χ0n) is 10.6. The largest absolute Gasteiger partial charge is 0.0837 e. The van der Waals surface area contributed by atoms with Gasteiger partial charge in [0.05, 0.1) is 0 Å². The molecule has 20 heavy (non-hydrogen) atoms. The maximum atomic E-state index is 6.25. The smallest absolute Gasteiger partial charge is 0.0484 e. The number of benzene rings is 3. The summed E-state index contributed by atoms with van der Waals surface area (Å²) < 4.78 is 0.